The van der Waals surface area contributed by atoms with Gasteiger partial charge in [-0.05, 0) is 50.1 Å². The zero-order valence-electron chi connectivity index (χ0n) is 12.8. The highest BCUT2D eigenvalue weighted by atomic mass is 32.1. The van der Waals surface area contributed by atoms with Gasteiger partial charge in [-0.25, -0.2) is 0 Å². The third kappa shape index (κ3) is 4.01. The zero-order valence-corrected chi connectivity index (χ0v) is 13.6. The lowest BCUT2D eigenvalue weighted by Crippen LogP contribution is -2.21. The highest BCUT2D eigenvalue weighted by Gasteiger charge is 2.21. The van der Waals surface area contributed by atoms with Gasteiger partial charge in [0.05, 0.1) is 6.10 Å². The highest BCUT2D eigenvalue weighted by molar-refractivity contribution is 7.11. The third-order valence-electron chi connectivity index (χ3n) is 4.12. The Hall–Kier alpha value is -0.970. The average Bonchev–Trinajstić information content (AvgIpc) is 2.78. The van der Waals surface area contributed by atoms with Crippen LogP contribution >= 0.6 is 11.5 Å². The molecular weight excluding hydrogens is 270 g/mol. The van der Waals surface area contributed by atoms with Crippen molar-refractivity contribution in [3.8, 4) is 5.75 Å². The summed E-state index contributed by atoms with van der Waals surface area (Å²) in [6.45, 7) is 7.32. The second-order valence-corrected chi connectivity index (χ2v) is 6.84. The van der Waals surface area contributed by atoms with Crippen LogP contribution in [-0.2, 0) is 0 Å². The molecule has 1 aliphatic carbocycles. The molecule has 4 nitrogen and oxygen atoms in total. The molecule has 114 valence electrons. The molecule has 0 aliphatic heterocycles. The molecule has 0 aromatic carbocycles. The minimum atomic E-state index is 0.120. The molecule has 0 unspecified atom stereocenters. The van der Waals surface area contributed by atoms with E-state index in [0.29, 0.717) is 5.82 Å². The monoisotopic (exact) mass is 297 g/mol. The summed E-state index contributed by atoms with van der Waals surface area (Å²) in [5.41, 5.74) is 5.87. The van der Waals surface area contributed by atoms with Crippen molar-refractivity contribution < 1.29 is 4.74 Å². The summed E-state index contributed by atoms with van der Waals surface area (Å²) in [5.74, 6) is 2.95. The SMILES string of the molecule is CCC1CCC(CNc2snc(N)c2OC(C)C)CC1. The Morgan fingerprint density at radius 2 is 1.95 bits per heavy atom. The number of hydrogen-bond donors (Lipinski definition) is 2. The summed E-state index contributed by atoms with van der Waals surface area (Å²) < 4.78 is 9.94. The van der Waals surface area contributed by atoms with E-state index in [0.717, 1.165) is 29.1 Å². The van der Waals surface area contributed by atoms with E-state index in [1.165, 1.54) is 43.6 Å². The Balaban J connectivity index is 1.85. The van der Waals surface area contributed by atoms with Crippen LogP contribution in [0.3, 0.4) is 0 Å². The van der Waals surface area contributed by atoms with Crippen molar-refractivity contribution in [3.05, 3.63) is 0 Å². The Labute approximate surface area is 126 Å². The van der Waals surface area contributed by atoms with Gasteiger partial charge in [-0.15, -0.1) is 0 Å². The second kappa shape index (κ2) is 7.16. The van der Waals surface area contributed by atoms with Gasteiger partial charge >= 0.3 is 0 Å². The Bertz CT molecular complexity index is 411. The fourth-order valence-electron chi connectivity index (χ4n) is 2.84. The molecule has 1 saturated carbocycles. The van der Waals surface area contributed by atoms with E-state index in [-0.39, 0.29) is 6.10 Å². The molecule has 5 heteroatoms. The van der Waals surface area contributed by atoms with Gasteiger partial charge in [0.25, 0.3) is 0 Å². The van der Waals surface area contributed by atoms with E-state index in [1.807, 2.05) is 13.8 Å². The van der Waals surface area contributed by atoms with Gasteiger partial charge in [0.1, 0.15) is 0 Å². The first-order chi connectivity index (χ1) is 9.60. The number of nitrogens with zero attached hydrogens (tertiary/aromatic N) is 1. The normalized spacial score (nSPS) is 23.0. The first kappa shape index (κ1) is 15.4. The Morgan fingerprint density at radius 1 is 1.30 bits per heavy atom. The number of nitrogens with one attached hydrogen (secondary N) is 1. The standard InChI is InChI=1S/C15H27N3OS/c1-4-11-5-7-12(8-6-11)9-17-15-13(19-10(2)3)14(16)18-20-15/h10-12,17H,4-9H2,1-3H3,(H2,16,18). The van der Waals surface area contributed by atoms with Gasteiger partial charge in [0.15, 0.2) is 16.6 Å². The number of ether oxygens (including phenoxy) is 1. The van der Waals surface area contributed by atoms with Gasteiger partial charge in [-0.1, -0.05) is 26.2 Å². The molecule has 1 fully saturated rings. The minimum absolute atomic E-state index is 0.120. The Kier molecular flexibility index (Phi) is 5.52. The van der Waals surface area contributed by atoms with Crippen molar-refractivity contribution in [1.29, 1.82) is 0 Å². The highest BCUT2D eigenvalue weighted by Crippen LogP contribution is 2.37. The lowest BCUT2D eigenvalue weighted by atomic mass is 9.81. The van der Waals surface area contributed by atoms with E-state index in [9.17, 15) is 0 Å². The molecular formula is C15H27N3OS. The van der Waals surface area contributed by atoms with E-state index >= 15 is 0 Å². The molecule has 0 saturated heterocycles. The summed E-state index contributed by atoms with van der Waals surface area (Å²) >= 11 is 1.40. The molecule has 0 amide bonds. The summed E-state index contributed by atoms with van der Waals surface area (Å²) in [5, 5.41) is 4.47. The number of rotatable bonds is 6. The number of nitrogen functional groups attached to an aromatic ring is 1. The summed E-state index contributed by atoms with van der Waals surface area (Å²) in [6, 6.07) is 0. The van der Waals surface area contributed by atoms with Crippen LogP contribution in [0.4, 0.5) is 10.8 Å². The molecule has 1 heterocycles. The second-order valence-electron chi connectivity index (χ2n) is 6.07. The molecule has 1 aliphatic rings. The van der Waals surface area contributed by atoms with E-state index in [1.54, 1.807) is 0 Å². The van der Waals surface area contributed by atoms with E-state index in [4.69, 9.17) is 10.5 Å². The summed E-state index contributed by atoms with van der Waals surface area (Å²) in [7, 11) is 0. The molecule has 0 atom stereocenters. The van der Waals surface area contributed by atoms with Crippen LogP contribution in [0.15, 0.2) is 0 Å². The van der Waals surface area contributed by atoms with Crippen molar-refractivity contribution in [2.45, 2.75) is 59.0 Å². The van der Waals surface area contributed by atoms with Crippen LogP contribution in [0.2, 0.25) is 0 Å². The molecule has 1 aromatic heterocycles. The fourth-order valence-corrected chi connectivity index (χ4v) is 3.49. The molecule has 0 spiro atoms. The first-order valence-electron chi connectivity index (χ1n) is 7.75. The van der Waals surface area contributed by atoms with E-state index < -0.39 is 0 Å². The largest absolute Gasteiger partial charge is 0.484 e. The molecule has 2 rings (SSSR count). The van der Waals surface area contributed by atoms with E-state index in [2.05, 4.69) is 16.6 Å². The van der Waals surface area contributed by atoms with Crippen molar-refractivity contribution in [2.24, 2.45) is 11.8 Å². The Morgan fingerprint density at radius 3 is 2.55 bits per heavy atom. The lowest BCUT2D eigenvalue weighted by molar-refractivity contribution is 0.245. The predicted octanol–water partition coefficient (Wildman–Crippen LogP) is 4.14. The number of anilines is 2. The molecule has 0 bridgehead atoms. The van der Waals surface area contributed by atoms with Gasteiger partial charge in [-0.2, -0.15) is 4.37 Å². The lowest BCUT2D eigenvalue weighted by Gasteiger charge is -2.28. The van der Waals surface area contributed by atoms with Crippen LogP contribution in [-0.4, -0.2) is 17.0 Å². The maximum atomic E-state index is 5.87. The molecule has 1 aromatic rings. The molecule has 0 radical (unpaired) electrons. The van der Waals surface area contributed by atoms with Crippen molar-refractivity contribution in [3.63, 3.8) is 0 Å². The van der Waals surface area contributed by atoms with Crippen LogP contribution in [0, 0.1) is 11.8 Å². The van der Waals surface area contributed by atoms with Crippen LogP contribution in [0.1, 0.15) is 52.9 Å². The van der Waals surface area contributed by atoms with Crippen molar-refractivity contribution in [2.75, 3.05) is 17.6 Å². The zero-order chi connectivity index (χ0) is 14.5. The number of hydrogen-bond acceptors (Lipinski definition) is 5. The van der Waals surface area contributed by atoms with Crippen molar-refractivity contribution >= 4 is 22.4 Å². The van der Waals surface area contributed by atoms with Gasteiger partial charge in [-0.3, -0.25) is 0 Å². The quantitative estimate of drug-likeness (QED) is 0.828. The average molecular weight is 297 g/mol. The maximum absolute atomic E-state index is 5.87. The van der Waals surface area contributed by atoms with Gasteiger partial charge < -0.3 is 15.8 Å². The van der Waals surface area contributed by atoms with Gasteiger partial charge in [0.2, 0.25) is 0 Å². The topological polar surface area (TPSA) is 60.2 Å². The van der Waals surface area contributed by atoms with Crippen molar-refractivity contribution in [1.82, 2.24) is 4.37 Å². The predicted molar refractivity (Wildman–Crippen MR) is 86.5 cm³/mol. The first-order valence-corrected chi connectivity index (χ1v) is 8.53. The molecule has 20 heavy (non-hydrogen) atoms. The fraction of sp³-hybridized carbons (Fsp3) is 0.800. The van der Waals surface area contributed by atoms with Crippen LogP contribution in [0.5, 0.6) is 5.75 Å². The van der Waals surface area contributed by atoms with Gasteiger partial charge in [0, 0.05) is 6.54 Å². The maximum Gasteiger partial charge on any atom is 0.197 e. The minimum Gasteiger partial charge on any atom is -0.484 e. The third-order valence-corrected chi connectivity index (χ3v) is 4.92. The van der Waals surface area contributed by atoms with Crippen LogP contribution in [0.25, 0.3) is 0 Å². The summed E-state index contributed by atoms with van der Waals surface area (Å²) in [4.78, 5) is 0. The summed E-state index contributed by atoms with van der Waals surface area (Å²) in [6.07, 6.45) is 6.87. The smallest absolute Gasteiger partial charge is 0.197 e. The molecule has 3 N–H and O–H groups in total. The van der Waals surface area contributed by atoms with Crippen LogP contribution < -0.4 is 15.8 Å². The number of aromatic nitrogens is 1. The number of nitrogens with two attached hydrogens (primary N) is 1.